The van der Waals surface area contributed by atoms with Crippen molar-refractivity contribution in [1.82, 2.24) is 30.4 Å². The van der Waals surface area contributed by atoms with E-state index in [1.807, 2.05) is 30.3 Å². The van der Waals surface area contributed by atoms with Crippen molar-refractivity contribution in [3.63, 3.8) is 0 Å². The molecular weight excluding hydrogens is 539 g/mol. The van der Waals surface area contributed by atoms with E-state index in [2.05, 4.69) is 32.4 Å². The SMILES string of the molecule is CNC(C)C(=O)NC(C(=O)N1CCC2C1=C(c1c[nH]c3cc(F)ccc13)CN2Cc1ncc(C)s1)C1CCCCC1. The second kappa shape index (κ2) is 11.7. The first-order valence-corrected chi connectivity index (χ1v) is 15.6. The second-order valence-corrected chi connectivity index (χ2v) is 13.0. The minimum atomic E-state index is -0.557. The van der Waals surface area contributed by atoms with Gasteiger partial charge in [-0.25, -0.2) is 9.37 Å². The average molecular weight is 579 g/mol. The standard InChI is InChI=1S/C31H39FN6O2S/c1-18-14-35-27(41-18)17-37-16-24(23-15-34-25-13-21(32)9-10-22(23)25)29-26(37)11-12-38(29)31(40)28(20-7-5-4-6-8-20)36-30(39)19(2)33-3/h9-10,13-15,19-20,26,28,33-34H,4-8,11-12,16-17H2,1-3H3,(H,36,39). The maximum Gasteiger partial charge on any atom is 0.249 e. The molecule has 4 heterocycles. The van der Waals surface area contributed by atoms with Gasteiger partial charge in [-0.3, -0.25) is 14.5 Å². The summed E-state index contributed by atoms with van der Waals surface area (Å²) in [5.74, 6) is -0.319. The summed E-state index contributed by atoms with van der Waals surface area (Å²) in [7, 11) is 1.76. The Morgan fingerprint density at radius 1 is 1.22 bits per heavy atom. The molecule has 2 amide bonds. The number of aromatic amines is 1. The van der Waals surface area contributed by atoms with E-state index in [9.17, 15) is 14.0 Å². The molecule has 2 aromatic heterocycles. The Morgan fingerprint density at radius 2 is 2.02 bits per heavy atom. The largest absolute Gasteiger partial charge is 0.360 e. The molecule has 218 valence electrons. The number of fused-ring (bicyclic) bond motifs is 2. The number of likely N-dealkylation sites (tertiary alicyclic amines) is 1. The normalized spacial score (nSPS) is 21.5. The zero-order valence-corrected chi connectivity index (χ0v) is 24.8. The van der Waals surface area contributed by atoms with Gasteiger partial charge in [-0.1, -0.05) is 19.3 Å². The maximum absolute atomic E-state index is 14.5. The number of thiazole rings is 1. The Labute approximate surface area is 244 Å². The molecule has 2 aliphatic heterocycles. The number of hydrogen-bond acceptors (Lipinski definition) is 6. The van der Waals surface area contributed by atoms with Crippen molar-refractivity contribution in [2.45, 2.75) is 77.0 Å². The van der Waals surface area contributed by atoms with E-state index in [0.29, 0.717) is 19.6 Å². The lowest BCUT2D eigenvalue weighted by Crippen LogP contribution is -2.55. The topological polar surface area (TPSA) is 93.4 Å². The van der Waals surface area contributed by atoms with E-state index in [1.165, 1.54) is 23.4 Å². The number of hydrogen-bond donors (Lipinski definition) is 3. The quantitative estimate of drug-likeness (QED) is 0.364. The van der Waals surface area contributed by atoms with Crippen LogP contribution in [-0.4, -0.2) is 69.8 Å². The smallest absolute Gasteiger partial charge is 0.249 e. The molecule has 41 heavy (non-hydrogen) atoms. The van der Waals surface area contributed by atoms with E-state index in [1.54, 1.807) is 18.4 Å². The molecule has 6 rings (SSSR count). The van der Waals surface area contributed by atoms with E-state index in [0.717, 1.165) is 64.8 Å². The molecule has 3 unspecified atom stereocenters. The van der Waals surface area contributed by atoms with Gasteiger partial charge >= 0.3 is 0 Å². The molecule has 1 aromatic carbocycles. The lowest BCUT2D eigenvalue weighted by atomic mass is 9.83. The summed E-state index contributed by atoms with van der Waals surface area (Å²) < 4.78 is 14.0. The fraction of sp³-hybridized carbons (Fsp3) is 0.516. The Bertz CT molecular complexity index is 1470. The minimum absolute atomic E-state index is 0.0126. The van der Waals surface area contributed by atoms with E-state index in [-0.39, 0.29) is 35.6 Å². The van der Waals surface area contributed by atoms with Crippen LogP contribution in [0.5, 0.6) is 0 Å². The van der Waals surface area contributed by atoms with Crippen molar-refractivity contribution in [2.24, 2.45) is 5.92 Å². The number of nitrogens with one attached hydrogen (secondary N) is 3. The average Bonchev–Trinajstić information content (AvgIpc) is 3.76. The zero-order chi connectivity index (χ0) is 28.7. The lowest BCUT2D eigenvalue weighted by molar-refractivity contribution is -0.136. The van der Waals surface area contributed by atoms with Crippen molar-refractivity contribution in [3.8, 4) is 0 Å². The molecule has 0 bridgehead atoms. The Morgan fingerprint density at radius 3 is 2.76 bits per heavy atom. The Hall–Kier alpha value is -3.08. The van der Waals surface area contributed by atoms with Crippen molar-refractivity contribution < 1.29 is 14.0 Å². The van der Waals surface area contributed by atoms with Crippen LogP contribution in [0.1, 0.15) is 60.9 Å². The molecular formula is C31H39FN6O2S. The molecule has 8 nitrogen and oxygen atoms in total. The predicted octanol–water partition coefficient (Wildman–Crippen LogP) is 4.57. The number of nitrogens with zero attached hydrogens (tertiary/aromatic N) is 3. The summed E-state index contributed by atoms with van der Waals surface area (Å²) in [4.78, 5) is 41.0. The van der Waals surface area contributed by atoms with Crippen LogP contribution < -0.4 is 10.6 Å². The van der Waals surface area contributed by atoms with Gasteiger partial charge < -0.3 is 20.5 Å². The fourth-order valence-electron chi connectivity index (χ4n) is 6.84. The van der Waals surface area contributed by atoms with Gasteiger partial charge in [0.15, 0.2) is 0 Å². The van der Waals surface area contributed by atoms with Gasteiger partial charge in [0.1, 0.15) is 16.9 Å². The monoisotopic (exact) mass is 578 g/mol. The van der Waals surface area contributed by atoms with Crippen LogP contribution in [-0.2, 0) is 16.1 Å². The van der Waals surface area contributed by atoms with E-state index < -0.39 is 6.04 Å². The van der Waals surface area contributed by atoms with Crippen molar-refractivity contribution in [2.75, 3.05) is 20.1 Å². The summed E-state index contributed by atoms with van der Waals surface area (Å²) in [6.07, 6.45) is 9.89. The number of rotatable bonds is 8. The number of carbonyl (C=O) groups is 2. The molecule has 3 aromatic rings. The highest BCUT2D eigenvalue weighted by atomic mass is 32.1. The summed E-state index contributed by atoms with van der Waals surface area (Å²) in [6.45, 7) is 5.87. The highest BCUT2D eigenvalue weighted by Gasteiger charge is 2.46. The number of H-pyrrole nitrogens is 1. The Balaban J connectivity index is 1.38. The van der Waals surface area contributed by atoms with Gasteiger partial charge in [0.2, 0.25) is 11.8 Å². The van der Waals surface area contributed by atoms with Crippen LogP contribution in [0.25, 0.3) is 16.5 Å². The fourth-order valence-corrected chi connectivity index (χ4v) is 7.66. The summed E-state index contributed by atoms with van der Waals surface area (Å²) >= 11 is 1.70. The number of halogens is 1. The maximum atomic E-state index is 14.5. The third kappa shape index (κ3) is 5.45. The van der Waals surface area contributed by atoms with Crippen molar-refractivity contribution >= 4 is 39.6 Å². The van der Waals surface area contributed by atoms with Crippen LogP contribution in [0, 0.1) is 18.7 Å². The molecule has 3 aliphatic rings. The number of carbonyl (C=O) groups excluding carboxylic acids is 2. The molecule has 2 fully saturated rings. The highest BCUT2D eigenvalue weighted by Crippen LogP contribution is 2.43. The van der Waals surface area contributed by atoms with Crippen LogP contribution in [0.15, 0.2) is 36.3 Å². The molecule has 10 heteroatoms. The van der Waals surface area contributed by atoms with Crippen LogP contribution in [0.3, 0.4) is 0 Å². The Kier molecular flexibility index (Phi) is 7.98. The molecule has 0 radical (unpaired) electrons. The summed E-state index contributed by atoms with van der Waals surface area (Å²) in [5.41, 5.74) is 3.84. The van der Waals surface area contributed by atoms with Crippen molar-refractivity contribution in [1.29, 1.82) is 0 Å². The third-order valence-corrected chi connectivity index (χ3v) is 10.00. The summed E-state index contributed by atoms with van der Waals surface area (Å²) in [6, 6.07) is 3.95. The lowest BCUT2D eigenvalue weighted by Gasteiger charge is -2.34. The van der Waals surface area contributed by atoms with Gasteiger partial charge in [-0.15, -0.1) is 11.3 Å². The van der Waals surface area contributed by atoms with Crippen LogP contribution >= 0.6 is 11.3 Å². The van der Waals surface area contributed by atoms with Gasteiger partial charge in [-0.05, 0) is 69.8 Å². The van der Waals surface area contributed by atoms with Crippen LogP contribution in [0.4, 0.5) is 4.39 Å². The molecule has 3 N–H and O–H groups in total. The minimum Gasteiger partial charge on any atom is -0.360 e. The van der Waals surface area contributed by atoms with Crippen LogP contribution in [0.2, 0.25) is 0 Å². The molecule has 0 spiro atoms. The highest BCUT2D eigenvalue weighted by molar-refractivity contribution is 7.11. The molecule has 1 saturated heterocycles. The van der Waals surface area contributed by atoms with E-state index in [4.69, 9.17) is 0 Å². The molecule has 3 atom stereocenters. The first kappa shape index (κ1) is 28.1. The molecule has 1 saturated carbocycles. The number of benzene rings is 1. The van der Waals surface area contributed by atoms with E-state index >= 15 is 0 Å². The number of aryl methyl sites for hydroxylation is 1. The van der Waals surface area contributed by atoms with Gasteiger partial charge in [-0.2, -0.15) is 0 Å². The second-order valence-electron chi connectivity index (χ2n) is 11.7. The van der Waals surface area contributed by atoms with Gasteiger partial charge in [0.25, 0.3) is 0 Å². The predicted molar refractivity (Wildman–Crippen MR) is 160 cm³/mol. The first-order chi connectivity index (χ1) is 19.8. The van der Waals surface area contributed by atoms with Gasteiger partial charge in [0, 0.05) is 52.5 Å². The number of amides is 2. The first-order valence-electron chi connectivity index (χ1n) is 14.8. The number of aromatic nitrogens is 2. The zero-order valence-electron chi connectivity index (χ0n) is 24.0. The number of likely N-dealkylation sites (N-methyl/N-ethyl adjacent to an activating group) is 1. The summed E-state index contributed by atoms with van der Waals surface area (Å²) in [5, 5.41) is 8.16. The van der Waals surface area contributed by atoms with Gasteiger partial charge in [0.05, 0.1) is 18.6 Å². The van der Waals surface area contributed by atoms with Crippen molar-refractivity contribution in [3.05, 3.63) is 57.6 Å². The molecule has 1 aliphatic carbocycles. The third-order valence-electron chi connectivity index (χ3n) is 9.10.